The quantitative estimate of drug-likeness (QED) is 0.821. The van der Waals surface area contributed by atoms with Gasteiger partial charge in [0.05, 0.1) is 0 Å². The number of nitrogens with zero attached hydrogens (tertiary/aromatic N) is 3. The van der Waals surface area contributed by atoms with Crippen LogP contribution in [0.1, 0.15) is 18.5 Å². The third-order valence-electron chi connectivity index (χ3n) is 3.14. The third kappa shape index (κ3) is 2.89. The standard InChI is InChI=1S/C11H15F3N4O/c1-17-9(19)5-8(11(12,13)14)16-10(17)18-4-2-3-7(15)6-18/h5,7H,2-4,6,15H2,1H3/t7-/m0/s1. The van der Waals surface area contributed by atoms with Gasteiger partial charge in [0.25, 0.3) is 5.56 Å². The van der Waals surface area contributed by atoms with Crippen molar-refractivity contribution in [1.29, 1.82) is 0 Å². The molecule has 0 spiro atoms. The van der Waals surface area contributed by atoms with Gasteiger partial charge in [0, 0.05) is 32.2 Å². The molecule has 0 bridgehead atoms. The molecule has 8 heteroatoms. The van der Waals surface area contributed by atoms with Crippen LogP contribution in [0.15, 0.2) is 10.9 Å². The summed E-state index contributed by atoms with van der Waals surface area (Å²) in [6, 6.07) is 0.396. The molecule has 0 saturated carbocycles. The van der Waals surface area contributed by atoms with Crippen molar-refractivity contribution in [3.8, 4) is 0 Å². The number of hydrogen-bond donors (Lipinski definition) is 1. The van der Waals surface area contributed by atoms with Crippen LogP contribution in [0.5, 0.6) is 0 Å². The Morgan fingerprint density at radius 2 is 2.16 bits per heavy atom. The molecule has 19 heavy (non-hydrogen) atoms. The Morgan fingerprint density at radius 1 is 1.47 bits per heavy atom. The van der Waals surface area contributed by atoms with Crippen LogP contribution >= 0.6 is 0 Å². The molecule has 0 amide bonds. The van der Waals surface area contributed by atoms with E-state index in [1.54, 1.807) is 4.90 Å². The summed E-state index contributed by atoms with van der Waals surface area (Å²) in [7, 11) is 1.41. The Balaban J connectivity index is 2.44. The first-order valence-corrected chi connectivity index (χ1v) is 5.95. The van der Waals surface area contributed by atoms with Crippen molar-refractivity contribution in [2.45, 2.75) is 25.1 Å². The van der Waals surface area contributed by atoms with Crippen LogP contribution in [0, 0.1) is 0 Å². The average molecular weight is 276 g/mol. The van der Waals surface area contributed by atoms with Crippen molar-refractivity contribution < 1.29 is 13.2 Å². The Labute approximate surface area is 107 Å². The molecular weight excluding hydrogens is 261 g/mol. The summed E-state index contributed by atoms with van der Waals surface area (Å²) in [6.45, 7) is 0.955. The molecule has 106 valence electrons. The molecule has 2 rings (SSSR count). The van der Waals surface area contributed by atoms with Gasteiger partial charge in [-0.05, 0) is 12.8 Å². The molecule has 1 aliphatic rings. The number of piperidine rings is 1. The van der Waals surface area contributed by atoms with Crippen LogP contribution in [0.4, 0.5) is 19.1 Å². The summed E-state index contributed by atoms with van der Waals surface area (Å²) >= 11 is 0. The number of anilines is 1. The van der Waals surface area contributed by atoms with E-state index in [-0.39, 0.29) is 12.0 Å². The van der Waals surface area contributed by atoms with E-state index in [0.717, 1.165) is 17.4 Å². The van der Waals surface area contributed by atoms with Crippen molar-refractivity contribution in [2.75, 3.05) is 18.0 Å². The Hall–Kier alpha value is -1.57. The van der Waals surface area contributed by atoms with Gasteiger partial charge in [-0.25, -0.2) is 4.98 Å². The van der Waals surface area contributed by atoms with Gasteiger partial charge in [-0.3, -0.25) is 9.36 Å². The summed E-state index contributed by atoms with van der Waals surface area (Å²) in [5, 5.41) is 0. The zero-order valence-corrected chi connectivity index (χ0v) is 10.4. The van der Waals surface area contributed by atoms with Gasteiger partial charge >= 0.3 is 6.18 Å². The zero-order valence-electron chi connectivity index (χ0n) is 10.4. The second-order valence-electron chi connectivity index (χ2n) is 4.68. The van der Waals surface area contributed by atoms with E-state index in [4.69, 9.17) is 5.73 Å². The van der Waals surface area contributed by atoms with Crippen LogP contribution in [-0.4, -0.2) is 28.7 Å². The molecule has 5 nitrogen and oxygen atoms in total. The molecule has 1 fully saturated rings. The number of hydrogen-bond acceptors (Lipinski definition) is 4. The molecule has 1 aliphatic heterocycles. The minimum absolute atomic E-state index is 0.0231. The van der Waals surface area contributed by atoms with E-state index in [9.17, 15) is 18.0 Å². The van der Waals surface area contributed by atoms with Crippen LogP contribution in [0.3, 0.4) is 0 Å². The summed E-state index contributed by atoms with van der Waals surface area (Å²) in [4.78, 5) is 16.8. The summed E-state index contributed by atoms with van der Waals surface area (Å²) in [5.41, 5.74) is 3.91. The normalized spacial score (nSPS) is 20.7. The molecule has 2 heterocycles. The highest BCUT2D eigenvalue weighted by Gasteiger charge is 2.34. The Kier molecular flexibility index (Phi) is 3.53. The molecule has 0 aliphatic carbocycles. The lowest BCUT2D eigenvalue weighted by molar-refractivity contribution is -0.141. The fourth-order valence-corrected chi connectivity index (χ4v) is 2.15. The van der Waals surface area contributed by atoms with Gasteiger partial charge in [-0.1, -0.05) is 0 Å². The number of halogens is 3. The van der Waals surface area contributed by atoms with E-state index in [1.165, 1.54) is 7.05 Å². The van der Waals surface area contributed by atoms with Gasteiger partial charge in [0.15, 0.2) is 5.69 Å². The maximum absolute atomic E-state index is 12.7. The van der Waals surface area contributed by atoms with Crippen LogP contribution < -0.4 is 16.2 Å². The molecule has 1 aromatic rings. The molecule has 1 saturated heterocycles. The van der Waals surface area contributed by atoms with Crippen molar-refractivity contribution in [1.82, 2.24) is 9.55 Å². The lowest BCUT2D eigenvalue weighted by Crippen LogP contribution is -2.45. The second kappa shape index (κ2) is 4.84. The van der Waals surface area contributed by atoms with E-state index < -0.39 is 17.4 Å². The van der Waals surface area contributed by atoms with Gasteiger partial charge in [0.1, 0.15) is 0 Å². The highest BCUT2D eigenvalue weighted by atomic mass is 19.4. The maximum Gasteiger partial charge on any atom is 0.433 e. The highest BCUT2D eigenvalue weighted by Crippen LogP contribution is 2.28. The Bertz CT molecular complexity index is 526. The maximum atomic E-state index is 12.7. The van der Waals surface area contributed by atoms with Gasteiger partial charge < -0.3 is 10.6 Å². The summed E-state index contributed by atoms with van der Waals surface area (Å²) in [6.07, 6.45) is -3.03. The van der Waals surface area contributed by atoms with Crippen molar-refractivity contribution in [3.05, 3.63) is 22.1 Å². The molecule has 1 aromatic heterocycles. The first-order chi connectivity index (χ1) is 8.79. The molecule has 2 N–H and O–H groups in total. The first kappa shape index (κ1) is 13.9. The first-order valence-electron chi connectivity index (χ1n) is 5.95. The van der Waals surface area contributed by atoms with E-state index in [0.29, 0.717) is 19.2 Å². The smallest absolute Gasteiger partial charge is 0.341 e. The molecule has 0 aromatic carbocycles. The summed E-state index contributed by atoms with van der Waals surface area (Å²) < 4.78 is 39.1. The number of alkyl halides is 3. The number of rotatable bonds is 1. The van der Waals surface area contributed by atoms with Crippen molar-refractivity contribution in [3.63, 3.8) is 0 Å². The lowest BCUT2D eigenvalue weighted by atomic mass is 10.1. The van der Waals surface area contributed by atoms with Crippen molar-refractivity contribution in [2.24, 2.45) is 12.8 Å². The zero-order chi connectivity index (χ0) is 14.2. The fraction of sp³-hybridized carbons (Fsp3) is 0.636. The number of nitrogens with two attached hydrogens (primary N) is 1. The predicted molar refractivity (Wildman–Crippen MR) is 63.9 cm³/mol. The fourth-order valence-electron chi connectivity index (χ4n) is 2.15. The Morgan fingerprint density at radius 3 is 2.74 bits per heavy atom. The van der Waals surface area contributed by atoms with Crippen LogP contribution in [0.25, 0.3) is 0 Å². The van der Waals surface area contributed by atoms with Gasteiger partial charge in [0.2, 0.25) is 5.95 Å². The lowest BCUT2D eigenvalue weighted by Gasteiger charge is -2.32. The van der Waals surface area contributed by atoms with E-state index >= 15 is 0 Å². The summed E-state index contributed by atoms with van der Waals surface area (Å²) in [5.74, 6) is 0.0231. The second-order valence-corrected chi connectivity index (χ2v) is 4.68. The average Bonchev–Trinajstić information content (AvgIpc) is 2.31. The topological polar surface area (TPSA) is 64.2 Å². The monoisotopic (exact) mass is 276 g/mol. The minimum atomic E-state index is -4.62. The van der Waals surface area contributed by atoms with Crippen molar-refractivity contribution >= 4 is 5.95 Å². The largest absolute Gasteiger partial charge is 0.433 e. The molecule has 0 unspecified atom stereocenters. The SMILES string of the molecule is Cn1c(N2CCC[C@H](N)C2)nc(C(F)(F)F)cc1=O. The molecule has 0 radical (unpaired) electrons. The molecule has 1 atom stereocenters. The number of aromatic nitrogens is 2. The van der Waals surface area contributed by atoms with Crippen LogP contribution in [-0.2, 0) is 13.2 Å². The minimum Gasteiger partial charge on any atom is -0.341 e. The van der Waals surface area contributed by atoms with E-state index in [1.807, 2.05) is 0 Å². The van der Waals surface area contributed by atoms with Gasteiger partial charge in [-0.15, -0.1) is 0 Å². The highest BCUT2D eigenvalue weighted by molar-refractivity contribution is 5.33. The van der Waals surface area contributed by atoms with Crippen LogP contribution in [0.2, 0.25) is 0 Å². The molecular formula is C11H15F3N4O. The predicted octanol–water partition coefficient (Wildman–Crippen LogP) is 0.727. The van der Waals surface area contributed by atoms with E-state index in [2.05, 4.69) is 4.98 Å². The third-order valence-corrected chi connectivity index (χ3v) is 3.14. The van der Waals surface area contributed by atoms with Gasteiger partial charge in [-0.2, -0.15) is 13.2 Å².